The highest BCUT2D eigenvalue weighted by Crippen LogP contribution is 2.31. The normalized spacial score (nSPS) is 16.9. The summed E-state index contributed by atoms with van der Waals surface area (Å²) >= 11 is 1.34. The van der Waals surface area contributed by atoms with Crippen molar-refractivity contribution in [1.82, 2.24) is 9.97 Å². The predicted molar refractivity (Wildman–Crippen MR) is 127 cm³/mol. The van der Waals surface area contributed by atoms with Gasteiger partial charge in [-0.15, -0.1) is 0 Å². The van der Waals surface area contributed by atoms with Gasteiger partial charge in [0.15, 0.2) is 22.6 Å². The van der Waals surface area contributed by atoms with Crippen molar-refractivity contribution in [1.29, 1.82) is 0 Å². The number of anilines is 4. The van der Waals surface area contributed by atoms with E-state index in [1.54, 1.807) is 7.05 Å². The molecule has 31 heavy (non-hydrogen) atoms. The molecular weight excluding hydrogens is 412 g/mol. The molecule has 3 N–H and O–H groups in total. The maximum Gasteiger partial charge on any atom is 0.192 e. The lowest BCUT2D eigenvalue weighted by Crippen LogP contribution is -2.37. The topological polar surface area (TPSA) is 96.6 Å². The first-order valence-corrected chi connectivity index (χ1v) is 11.8. The first-order chi connectivity index (χ1) is 15.2. The second kappa shape index (κ2) is 10.2. The first kappa shape index (κ1) is 21.7. The summed E-state index contributed by atoms with van der Waals surface area (Å²) in [5, 5.41) is 3.58. The SMILES string of the molecule is CNc1nc(SCC(=O)c2ccc(N3CCCCC3)cc2)nc(N2CCOCC2)c1N. The van der Waals surface area contributed by atoms with Crippen molar-refractivity contribution in [2.75, 3.05) is 73.0 Å². The van der Waals surface area contributed by atoms with Crippen LogP contribution in [0.2, 0.25) is 0 Å². The zero-order chi connectivity index (χ0) is 21.6. The van der Waals surface area contributed by atoms with E-state index in [1.165, 1.54) is 36.7 Å². The Hall–Kier alpha value is -2.52. The number of carbonyl (C=O) groups excluding carboxylic acids is 1. The van der Waals surface area contributed by atoms with Gasteiger partial charge in [-0.3, -0.25) is 4.79 Å². The van der Waals surface area contributed by atoms with Crippen LogP contribution in [-0.2, 0) is 4.74 Å². The molecule has 1 aromatic carbocycles. The fourth-order valence-corrected chi connectivity index (χ4v) is 4.67. The van der Waals surface area contributed by atoms with Gasteiger partial charge in [0.05, 0.1) is 19.0 Å². The summed E-state index contributed by atoms with van der Waals surface area (Å²) in [6, 6.07) is 7.96. The number of nitrogen functional groups attached to an aromatic ring is 1. The highest BCUT2D eigenvalue weighted by Gasteiger charge is 2.20. The van der Waals surface area contributed by atoms with Crippen LogP contribution < -0.4 is 20.9 Å². The third kappa shape index (κ3) is 5.22. The van der Waals surface area contributed by atoms with E-state index in [2.05, 4.69) is 37.2 Å². The molecule has 2 aliphatic heterocycles. The number of aromatic nitrogens is 2. The number of thioether (sulfide) groups is 1. The fourth-order valence-electron chi connectivity index (χ4n) is 3.93. The molecule has 1 aromatic heterocycles. The molecule has 2 aliphatic rings. The first-order valence-electron chi connectivity index (χ1n) is 10.8. The summed E-state index contributed by atoms with van der Waals surface area (Å²) in [7, 11) is 1.78. The van der Waals surface area contributed by atoms with Crippen molar-refractivity contribution in [3.05, 3.63) is 29.8 Å². The lowest BCUT2D eigenvalue weighted by molar-refractivity contribution is 0.102. The van der Waals surface area contributed by atoms with Crippen molar-refractivity contribution in [3.63, 3.8) is 0 Å². The molecule has 0 aliphatic carbocycles. The number of morpholine rings is 1. The maximum atomic E-state index is 12.8. The number of hydrogen-bond acceptors (Lipinski definition) is 9. The molecule has 3 heterocycles. The molecule has 2 fully saturated rings. The van der Waals surface area contributed by atoms with Crippen LogP contribution >= 0.6 is 11.8 Å². The molecule has 0 bridgehead atoms. The predicted octanol–water partition coefficient (Wildman–Crippen LogP) is 2.90. The number of hydrogen-bond donors (Lipinski definition) is 2. The monoisotopic (exact) mass is 442 g/mol. The number of Topliss-reactive ketones (excluding diaryl/α,β-unsaturated/α-hetero) is 1. The van der Waals surface area contributed by atoms with Crippen LogP contribution in [0.4, 0.5) is 23.0 Å². The van der Waals surface area contributed by atoms with Gasteiger partial charge in [-0.05, 0) is 43.5 Å². The van der Waals surface area contributed by atoms with Gasteiger partial charge in [0, 0.05) is 44.5 Å². The van der Waals surface area contributed by atoms with E-state index in [4.69, 9.17) is 10.5 Å². The minimum Gasteiger partial charge on any atom is -0.393 e. The lowest BCUT2D eigenvalue weighted by Gasteiger charge is -2.29. The van der Waals surface area contributed by atoms with Gasteiger partial charge in [-0.1, -0.05) is 11.8 Å². The zero-order valence-corrected chi connectivity index (χ0v) is 18.8. The average molecular weight is 443 g/mol. The van der Waals surface area contributed by atoms with E-state index in [9.17, 15) is 4.79 Å². The van der Waals surface area contributed by atoms with Crippen LogP contribution in [0.25, 0.3) is 0 Å². The number of nitrogens with one attached hydrogen (secondary N) is 1. The molecule has 0 amide bonds. The van der Waals surface area contributed by atoms with Crippen molar-refractivity contribution in [2.24, 2.45) is 0 Å². The summed E-state index contributed by atoms with van der Waals surface area (Å²) in [4.78, 5) is 26.4. The van der Waals surface area contributed by atoms with Crippen LogP contribution in [0.15, 0.2) is 29.4 Å². The van der Waals surface area contributed by atoms with Crippen LogP contribution in [0.3, 0.4) is 0 Å². The third-order valence-corrected chi connectivity index (χ3v) is 6.54. The molecule has 0 spiro atoms. The van der Waals surface area contributed by atoms with E-state index in [0.29, 0.717) is 41.3 Å². The Labute approximate surface area is 187 Å². The summed E-state index contributed by atoms with van der Waals surface area (Å²) in [5.74, 6) is 1.62. The minimum absolute atomic E-state index is 0.0644. The van der Waals surface area contributed by atoms with Crippen LogP contribution in [0.1, 0.15) is 29.6 Å². The second-order valence-electron chi connectivity index (χ2n) is 7.75. The van der Waals surface area contributed by atoms with E-state index in [1.807, 2.05) is 12.1 Å². The molecule has 0 unspecified atom stereocenters. The Morgan fingerprint density at radius 3 is 2.45 bits per heavy atom. The number of benzene rings is 1. The third-order valence-electron chi connectivity index (χ3n) is 5.70. The molecule has 166 valence electrons. The van der Waals surface area contributed by atoms with E-state index in [0.717, 1.165) is 26.2 Å². The Balaban J connectivity index is 1.42. The molecule has 0 radical (unpaired) electrons. The van der Waals surface area contributed by atoms with Crippen molar-refractivity contribution < 1.29 is 9.53 Å². The van der Waals surface area contributed by atoms with Gasteiger partial charge < -0.3 is 25.6 Å². The number of rotatable bonds is 7. The highest BCUT2D eigenvalue weighted by molar-refractivity contribution is 7.99. The quantitative estimate of drug-likeness (QED) is 0.381. The standard InChI is InChI=1S/C22H30N6O2S/c1-24-20-19(23)21(28-11-13-30-14-12-28)26-22(25-20)31-15-18(29)16-5-7-17(8-6-16)27-9-3-2-4-10-27/h5-8H,2-4,9-15,23H2,1H3,(H,24,25,26). The van der Waals surface area contributed by atoms with Gasteiger partial charge in [0.1, 0.15) is 5.69 Å². The largest absolute Gasteiger partial charge is 0.393 e. The fraction of sp³-hybridized carbons (Fsp3) is 0.500. The molecule has 8 nitrogen and oxygen atoms in total. The van der Waals surface area contributed by atoms with Crippen molar-refractivity contribution in [2.45, 2.75) is 24.4 Å². The maximum absolute atomic E-state index is 12.8. The molecule has 9 heteroatoms. The van der Waals surface area contributed by atoms with Gasteiger partial charge in [-0.2, -0.15) is 0 Å². The van der Waals surface area contributed by atoms with Gasteiger partial charge in [-0.25, -0.2) is 9.97 Å². The zero-order valence-electron chi connectivity index (χ0n) is 18.0. The summed E-state index contributed by atoms with van der Waals surface area (Å²) in [6.07, 6.45) is 3.78. The molecule has 2 saturated heterocycles. The molecule has 4 rings (SSSR count). The molecule has 0 saturated carbocycles. The average Bonchev–Trinajstić information content (AvgIpc) is 2.84. The van der Waals surface area contributed by atoms with Gasteiger partial charge in [0.25, 0.3) is 0 Å². The van der Waals surface area contributed by atoms with Crippen molar-refractivity contribution in [3.8, 4) is 0 Å². The lowest BCUT2D eigenvalue weighted by atomic mass is 10.1. The molecule has 2 aromatic rings. The smallest absolute Gasteiger partial charge is 0.192 e. The van der Waals surface area contributed by atoms with Crippen molar-refractivity contribution >= 4 is 40.6 Å². The Bertz CT molecular complexity index is 896. The highest BCUT2D eigenvalue weighted by atomic mass is 32.2. The van der Waals surface area contributed by atoms with Crippen LogP contribution in [-0.4, -0.2) is 67.9 Å². The molecule has 0 atom stereocenters. The number of carbonyl (C=O) groups is 1. The van der Waals surface area contributed by atoms with Crippen LogP contribution in [0.5, 0.6) is 0 Å². The Kier molecular flexibility index (Phi) is 7.14. The number of piperidine rings is 1. The minimum atomic E-state index is 0.0644. The van der Waals surface area contributed by atoms with E-state index in [-0.39, 0.29) is 11.5 Å². The van der Waals surface area contributed by atoms with Gasteiger partial charge >= 0.3 is 0 Å². The number of ether oxygens (including phenoxy) is 1. The summed E-state index contributed by atoms with van der Waals surface area (Å²) in [5.41, 5.74) is 8.70. The number of ketones is 1. The second-order valence-corrected chi connectivity index (χ2v) is 8.69. The number of nitrogens with two attached hydrogens (primary N) is 1. The van der Waals surface area contributed by atoms with E-state index >= 15 is 0 Å². The number of nitrogens with zero attached hydrogens (tertiary/aromatic N) is 4. The Morgan fingerprint density at radius 1 is 1.06 bits per heavy atom. The summed E-state index contributed by atoms with van der Waals surface area (Å²) < 4.78 is 5.43. The Morgan fingerprint density at radius 2 is 1.77 bits per heavy atom. The summed E-state index contributed by atoms with van der Waals surface area (Å²) in [6.45, 7) is 4.95. The van der Waals surface area contributed by atoms with Crippen LogP contribution in [0, 0.1) is 0 Å². The van der Waals surface area contributed by atoms with E-state index < -0.39 is 0 Å². The van der Waals surface area contributed by atoms with Gasteiger partial charge in [0.2, 0.25) is 0 Å². The molecular formula is C22H30N6O2S.